The van der Waals surface area contributed by atoms with Crippen LogP contribution in [0.4, 0.5) is 4.79 Å². The number of aliphatic carboxylic acids is 1. The summed E-state index contributed by atoms with van der Waals surface area (Å²) in [6.45, 7) is 3.54. The minimum Gasteiger partial charge on any atom is -0.480 e. The van der Waals surface area contributed by atoms with Crippen molar-refractivity contribution >= 4 is 17.9 Å². The fraction of sp³-hybridized carbons (Fsp3) is 0.526. The van der Waals surface area contributed by atoms with Crippen molar-refractivity contribution in [3.63, 3.8) is 0 Å². The first-order chi connectivity index (χ1) is 12.4. The Morgan fingerprint density at radius 2 is 1.85 bits per heavy atom. The summed E-state index contributed by atoms with van der Waals surface area (Å²) in [5, 5.41) is 12.3. The molecule has 3 amide bonds. The quantitative estimate of drug-likeness (QED) is 0.859. The molecule has 0 unspecified atom stereocenters. The fourth-order valence-corrected chi connectivity index (χ4v) is 4.04. The largest absolute Gasteiger partial charge is 0.480 e. The first-order valence-corrected chi connectivity index (χ1v) is 8.97. The van der Waals surface area contributed by atoms with E-state index in [1.54, 1.807) is 4.90 Å². The molecule has 0 radical (unpaired) electrons. The summed E-state index contributed by atoms with van der Waals surface area (Å²) in [5.41, 5.74) is 0.858. The molecule has 2 fully saturated rings. The second-order valence-electron chi connectivity index (χ2n) is 7.34. The van der Waals surface area contributed by atoms with Crippen LogP contribution in [0.2, 0.25) is 0 Å². The molecule has 7 heteroatoms. The third-order valence-electron chi connectivity index (χ3n) is 5.60. The van der Waals surface area contributed by atoms with Crippen LogP contribution in [0.5, 0.6) is 0 Å². The van der Waals surface area contributed by atoms with Crippen LogP contribution in [-0.2, 0) is 16.1 Å². The minimum absolute atomic E-state index is 0.0973. The highest BCUT2D eigenvalue weighted by atomic mass is 16.4. The van der Waals surface area contributed by atoms with Gasteiger partial charge in [-0.15, -0.1) is 0 Å². The number of carbonyl (C=O) groups is 3. The molecule has 0 bridgehead atoms. The van der Waals surface area contributed by atoms with E-state index in [0.29, 0.717) is 32.6 Å². The summed E-state index contributed by atoms with van der Waals surface area (Å²) in [6.07, 6.45) is 1.92. The van der Waals surface area contributed by atoms with Crippen LogP contribution in [0, 0.1) is 5.41 Å². The average molecular weight is 359 g/mol. The topological polar surface area (TPSA) is 90.0 Å². The molecular weight excluding hydrogens is 334 g/mol. The van der Waals surface area contributed by atoms with Gasteiger partial charge in [0.05, 0.1) is 0 Å². The van der Waals surface area contributed by atoms with E-state index in [1.165, 1.54) is 11.8 Å². The number of hydrogen-bond acceptors (Lipinski definition) is 3. The lowest BCUT2D eigenvalue weighted by atomic mass is 9.76. The van der Waals surface area contributed by atoms with Gasteiger partial charge in [-0.25, -0.2) is 9.59 Å². The highest BCUT2D eigenvalue weighted by Gasteiger charge is 2.49. The Labute approximate surface area is 153 Å². The van der Waals surface area contributed by atoms with Crippen LogP contribution in [-0.4, -0.2) is 58.5 Å². The zero-order chi connectivity index (χ0) is 18.7. The Bertz CT molecular complexity index is 659. The molecule has 0 aromatic heterocycles. The molecule has 2 heterocycles. The smallest absolute Gasteiger partial charge is 0.326 e. The Balaban J connectivity index is 1.54. The number of hydrogen-bond donors (Lipinski definition) is 2. The number of rotatable bonds is 3. The number of urea groups is 1. The van der Waals surface area contributed by atoms with Crippen LogP contribution in [0.15, 0.2) is 30.3 Å². The van der Waals surface area contributed by atoms with Gasteiger partial charge in [0, 0.05) is 33.1 Å². The third kappa shape index (κ3) is 3.81. The van der Waals surface area contributed by atoms with E-state index in [9.17, 15) is 19.5 Å². The van der Waals surface area contributed by atoms with Gasteiger partial charge in [0.1, 0.15) is 6.04 Å². The molecule has 7 nitrogen and oxygen atoms in total. The Hall–Kier alpha value is -2.57. The molecule has 1 spiro atoms. The van der Waals surface area contributed by atoms with Gasteiger partial charge in [-0.2, -0.15) is 0 Å². The summed E-state index contributed by atoms with van der Waals surface area (Å²) < 4.78 is 0. The van der Waals surface area contributed by atoms with Crippen LogP contribution in [0.1, 0.15) is 31.7 Å². The molecule has 0 saturated carbocycles. The van der Waals surface area contributed by atoms with Crippen molar-refractivity contribution in [3.05, 3.63) is 35.9 Å². The van der Waals surface area contributed by atoms with E-state index in [1.807, 2.05) is 30.3 Å². The van der Waals surface area contributed by atoms with Crippen molar-refractivity contribution in [1.82, 2.24) is 15.1 Å². The monoisotopic (exact) mass is 359 g/mol. The zero-order valence-corrected chi connectivity index (χ0v) is 15.0. The fourth-order valence-electron chi connectivity index (χ4n) is 4.04. The van der Waals surface area contributed by atoms with Crippen LogP contribution in [0.3, 0.4) is 0 Å². The van der Waals surface area contributed by atoms with E-state index >= 15 is 0 Å². The van der Waals surface area contributed by atoms with Gasteiger partial charge in [-0.1, -0.05) is 30.3 Å². The number of carboxylic acid groups (broad SMARTS) is 1. The predicted molar refractivity (Wildman–Crippen MR) is 95.3 cm³/mol. The Morgan fingerprint density at radius 1 is 1.19 bits per heavy atom. The second kappa shape index (κ2) is 7.35. The average Bonchev–Trinajstić information content (AvgIpc) is 3.01. The Kier molecular flexibility index (Phi) is 5.15. The van der Waals surface area contributed by atoms with E-state index < -0.39 is 12.0 Å². The maximum Gasteiger partial charge on any atom is 0.326 e. The standard InChI is InChI=1S/C19H25N3O4/c1-14(23)22-13-19(11-16(22)17(24)25)7-9-21(10-8-19)18(26)20-12-15-5-3-2-4-6-15/h2-6,16H,7-13H2,1H3,(H,20,26)(H,24,25)/t16-/m1/s1. The number of nitrogens with zero attached hydrogens (tertiary/aromatic N) is 2. The van der Waals surface area contributed by atoms with Crippen LogP contribution in [0.25, 0.3) is 0 Å². The van der Waals surface area contributed by atoms with Crippen molar-refractivity contribution in [2.24, 2.45) is 5.41 Å². The van der Waals surface area contributed by atoms with Crippen molar-refractivity contribution in [3.8, 4) is 0 Å². The lowest BCUT2D eigenvalue weighted by molar-refractivity contribution is -0.147. The van der Waals surface area contributed by atoms with Gasteiger partial charge < -0.3 is 20.2 Å². The number of piperidine rings is 1. The first-order valence-electron chi connectivity index (χ1n) is 8.97. The maximum atomic E-state index is 12.4. The molecule has 2 aliphatic rings. The van der Waals surface area contributed by atoms with Gasteiger partial charge >= 0.3 is 12.0 Å². The molecule has 2 N–H and O–H groups in total. The zero-order valence-electron chi connectivity index (χ0n) is 15.0. The minimum atomic E-state index is -0.944. The van der Waals surface area contributed by atoms with E-state index in [-0.39, 0.29) is 17.4 Å². The molecule has 2 saturated heterocycles. The molecule has 3 rings (SSSR count). The number of carboxylic acids is 1. The van der Waals surface area contributed by atoms with Gasteiger partial charge in [0.2, 0.25) is 5.91 Å². The normalized spacial score (nSPS) is 21.7. The summed E-state index contributed by atoms with van der Waals surface area (Å²) in [5.74, 6) is -1.14. The van der Waals surface area contributed by atoms with Crippen LogP contribution < -0.4 is 5.32 Å². The summed E-state index contributed by atoms with van der Waals surface area (Å²) in [4.78, 5) is 38.9. The second-order valence-corrected chi connectivity index (χ2v) is 7.34. The van der Waals surface area contributed by atoms with Gasteiger partial charge in [-0.05, 0) is 30.2 Å². The molecule has 1 atom stereocenters. The highest BCUT2D eigenvalue weighted by Crippen LogP contribution is 2.43. The molecule has 1 aromatic carbocycles. The van der Waals surface area contributed by atoms with Crippen molar-refractivity contribution in [2.75, 3.05) is 19.6 Å². The molecule has 26 heavy (non-hydrogen) atoms. The molecular formula is C19H25N3O4. The predicted octanol–water partition coefficient (Wildman–Crippen LogP) is 1.68. The SMILES string of the molecule is CC(=O)N1CC2(CCN(C(=O)NCc3ccccc3)CC2)C[C@@H]1C(=O)O. The number of benzene rings is 1. The van der Waals surface area contributed by atoms with E-state index in [4.69, 9.17) is 0 Å². The molecule has 140 valence electrons. The highest BCUT2D eigenvalue weighted by molar-refractivity contribution is 5.83. The van der Waals surface area contributed by atoms with Gasteiger partial charge in [-0.3, -0.25) is 4.79 Å². The van der Waals surface area contributed by atoms with Crippen molar-refractivity contribution < 1.29 is 19.5 Å². The van der Waals surface area contributed by atoms with Crippen LogP contribution >= 0.6 is 0 Å². The summed E-state index contributed by atoms with van der Waals surface area (Å²) in [6, 6.07) is 8.90. The van der Waals surface area contributed by atoms with Crippen molar-refractivity contribution in [2.45, 2.75) is 38.8 Å². The maximum absolute atomic E-state index is 12.4. The number of nitrogens with one attached hydrogen (secondary N) is 1. The molecule has 0 aliphatic carbocycles. The Morgan fingerprint density at radius 3 is 2.38 bits per heavy atom. The number of amides is 3. The van der Waals surface area contributed by atoms with Gasteiger partial charge in [0.15, 0.2) is 0 Å². The van der Waals surface area contributed by atoms with Crippen molar-refractivity contribution in [1.29, 1.82) is 0 Å². The molecule has 1 aromatic rings. The summed E-state index contributed by atoms with van der Waals surface area (Å²) in [7, 11) is 0. The summed E-state index contributed by atoms with van der Waals surface area (Å²) >= 11 is 0. The number of likely N-dealkylation sites (tertiary alicyclic amines) is 2. The lowest BCUT2D eigenvalue weighted by Gasteiger charge is -2.39. The van der Waals surface area contributed by atoms with E-state index in [0.717, 1.165) is 18.4 Å². The lowest BCUT2D eigenvalue weighted by Crippen LogP contribution is -2.48. The van der Waals surface area contributed by atoms with E-state index in [2.05, 4.69) is 5.32 Å². The number of carbonyl (C=O) groups excluding carboxylic acids is 2. The third-order valence-corrected chi connectivity index (χ3v) is 5.60. The molecule has 2 aliphatic heterocycles. The van der Waals surface area contributed by atoms with Gasteiger partial charge in [0.25, 0.3) is 0 Å². The first kappa shape index (κ1) is 18.2.